The summed E-state index contributed by atoms with van der Waals surface area (Å²) in [5.74, 6) is 1.74. The lowest BCUT2D eigenvalue weighted by Crippen LogP contribution is -2.44. The predicted molar refractivity (Wildman–Crippen MR) is 93.5 cm³/mol. The molecule has 0 unspecified atom stereocenters. The zero-order chi connectivity index (χ0) is 17.3. The third kappa shape index (κ3) is 3.67. The minimum Gasteiger partial charge on any atom is -0.356 e. The minimum atomic E-state index is -3.16. The topological polar surface area (TPSA) is 93.0 Å². The average Bonchev–Trinajstić information content (AvgIpc) is 2.88. The van der Waals surface area contributed by atoms with E-state index in [-0.39, 0.29) is 6.04 Å². The second kappa shape index (κ2) is 6.64. The molecule has 0 spiro atoms. The van der Waals surface area contributed by atoms with Gasteiger partial charge in [0, 0.05) is 32.6 Å². The maximum atomic E-state index is 11.4. The number of fused-ring (bicyclic) bond motifs is 1. The Morgan fingerprint density at radius 2 is 2.00 bits per heavy atom. The Morgan fingerprint density at radius 3 is 2.62 bits per heavy atom. The monoisotopic (exact) mass is 352 g/mol. The van der Waals surface area contributed by atoms with Gasteiger partial charge >= 0.3 is 0 Å². The molecule has 1 aliphatic heterocycles. The zero-order valence-corrected chi connectivity index (χ0v) is 15.2. The molecular weight excluding hydrogens is 328 g/mol. The molecule has 3 rings (SSSR count). The van der Waals surface area contributed by atoms with Crippen molar-refractivity contribution in [1.29, 1.82) is 0 Å². The largest absolute Gasteiger partial charge is 0.356 e. The Labute approximate surface area is 142 Å². The number of sulfonamides is 1. The Kier molecular flexibility index (Phi) is 4.73. The fourth-order valence-electron chi connectivity index (χ4n) is 3.14. The number of aryl methyl sites for hydroxylation is 2. The predicted octanol–water partition coefficient (Wildman–Crippen LogP) is 0.834. The first-order valence-corrected chi connectivity index (χ1v) is 10.2. The zero-order valence-electron chi connectivity index (χ0n) is 14.4. The van der Waals surface area contributed by atoms with Crippen LogP contribution < -0.4 is 9.62 Å². The summed E-state index contributed by atoms with van der Waals surface area (Å²) < 4.78 is 27.3. The van der Waals surface area contributed by atoms with Crippen molar-refractivity contribution in [3.63, 3.8) is 0 Å². The lowest BCUT2D eigenvalue weighted by atomic mass is 10.1. The number of aromatic nitrogens is 4. The van der Waals surface area contributed by atoms with E-state index >= 15 is 0 Å². The van der Waals surface area contributed by atoms with Gasteiger partial charge in [0.05, 0.1) is 17.8 Å². The molecule has 0 aliphatic carbocycles. The lowest BCUT2D eigenvalue weighted by molar-refractivity contribution is 0.460. The number of piperidine rings is 1. The second-order valence-electron chi connectivity index (χ2n) is 6.37. The summed E-state index contributed by atoms with van der Waals surface area (Å²) in [5.41, 5.74) is 0.847. The van der Waals surface area contributed by atoms with E-state index in [1.165, 1.54) is 6.26 Å². The standard InChI is InChI=1S/C15H24N6O2S/c1-4-5-13-17-14-12(10-16-20(14)2)15(18-13)21-8-6-11(7-9-21)19-24(3,22)23/h10-11,19H,4-9H2,1-3H3. The van der Waals surface area contributed by atoms with E-state index in [4.69, 9.17) is 4.98 Å². The summed E-state index contributed by atoms with van der Waals surface area (Å²) >= 11 is 0. The number of nitrogens with zero attached hydrogens (tertiary/aromatic N) is 5. The lowest BCUT2D eigenvalue weighted by Gasteiger charge is -2.33. The van der Waals surface area contributed by atoms with E-state index < -0.39 is 10.0 Å². The van der Waals surface area contributed by atoms with Crippen LogP contribution in [0.5, 0.6) is 0 Å². The fraction of sp³-hybridized carbons (Fsp3) is 0.667. The maximum Gasteiger partial charge on any atom is 0.208 e. The van der Waals surface area contributed by atoms with E-state index in [2.05, 4.69) is 26.6 Å². The van der Waals surface area contributed by atoms with Gasteiger partial charge in [0.25, 0.3) is 0 Å². The quantitative estimate of drug-likeness (QED) is 0.857. The van der Waals surface area contributed by atoms with Crippen molar-refractivity contribution >= 4 is 26.9 Å². The number of hydrogen-bond acceptors (Lipinski definition) is 6. The molecule has 1 aliphatic rings. The van der Waals surface area contributed by atoms with Gasteiger partial charge in [0.2, 0.25) is 10.0 Å². The molecule has 1 saturated heterocycles. The first-order chi connectivity index (χ1) is 11.4. The normalized spacial score (nSPS) is 16.9. The highest BCUT2D eigenvalue weighted by Gasteiger charge is 2.24. The molecule has 24 heavy (non-hydrogen) atoms. The van der Waals surface area contributed by atoms with Crippen LogP contribution in [0, 0.1) is 0 Å². The van der Waals surface area contributed by atoms with Crippen molar-refractivity contribution < 1.29 is 8.42 Å². The van der Waals surface area contributed by atoms with Gasteiger partial charge < -0.3 is 4.90 Å². The van der Waals surface area contributed by atoms with Gasteiger partial charge in [-0.3, -0.25) is 4.68 Å². The minimum absolute atomic E-state index is 0.00223. The summed E-state index contributed by atoms with van der Waals surface area (Å²) in [6, 6.07) is -0.00223. The number of nitrogens with one attached hydrogen (secondary N) is 1. The molecule has 1 N–H and O–H groups in total. The summed E-state index contributed by atoms with van der Waals surface area (Å²) in [7, 11) is -1.27. The SMILES string of the molecule is CCCc1nc(N2CCC(NS(C)(=O)=O)CC2)c2cnn(C)c2n1. The van der Waals surface area contributed by atoms with Gasteiger partial charge in [-0.2, -0.15) is 5.10 Å². The molecule has 9 heteroatoms. The van der Waals surface area contributed by atoms with Crippen molar-refractivity contribution in [3.8, 4) is 0 Å². The van der Waals surface area contributed by atoms with E-state index in [0.29, 0.717) is 0 Å². The second-order valence-corrected chi connectivity index (χ2v) is 8.15. The molecule has 2 aromatic rings. The summed E-state index contributed by atoms with van der Waals surface area (Å²) in [6.45, 7) is 3.64. The molecule has 0 amide bonds. The molecule has 3 heterocycles. The molecular formula is C15H24N6O2S. The van der Waals surface area contributed by atoms with E-state index in [9.17, 15) is 8.42 Å². The Bertz CT molecular complexity index is 824. The summed E-state index contributed by atoms with van der Waals surface area (Å²) in [4.78, 5) is 11.6. The van der Waals surface area contributed by atoms with Crippen molar-refractivity contribution in [3.05, 3.63) is 12.0 Å². The number of anilines is 1. The first-order valence-electron chi connectivity index (χ1n) is 8.28. The third-order valence-electron chi connectivity index (χ3n) is 4.27. The molecule has 0 aromatic carbocycles. The molecule has 2 aromatic heterocycles. The van der Waals surface area contributed by atoms with Crippen molar-refractivity contribution in [2.75, 3.05) is 24.2 Å². The molecule has 0 atom stereocenters. The van der Waals surface area contributed by atoms with Crippen LogP contribution in [0.4, 0.5) is 5.82 Å². The van der Waals surface area contributed by atoms with Crippen LogP contribution in [0.1, 0.15) is 32.0 Å². The van der Waals surface area contributed by atoms with Crippen molar-refractivity contribution in [2.45, 2.75) is 38.6 Å². The van der Waals surface area contributed by atoms with Gasteiger partial charge in [0.15, 0.2) is 5.65 Å². The van der Waals surface area contributed by atoms with Gasteiger partial charge in [-0.1, -0.05) is 6.92 Å². The molecule has 0 radical (unpaired) electrons. The summed E-state index contributed by atoms with van der Waals surface area (Å²) in [5, 5.41) is 5.26. The van der Waals surface area contributed by atoms with Crippen LogP contribution in [-0.4, -0.2) is 53.6 Å². The van der Waals surface area contributed by atoms with Gasteiger partial charge in [-0.05, 0) is 19.3 Å². The van der Waals surface area contributed by atoms with E-state index in [0.717, 1.165) is 61.4 Å². The highest BCUT2D eigenvalue weighted by molar-refractivity contribution is 7.88. The van der Waals surface area contributed by atoms with Crippen LogP contribution in [-0.2, 0) is 23.5 Å². The molecule has 8 nitrogen and oxygen atoms in total. The van der Waals surface area contributed by atoms with Crippen molar-refractivity contribution in [1.82, 2.24) is 24.5 Å². The molecule has 1 fully saturated rings. The third-order valence-corrected chi connectivity index (χ3v) is 5.03. The number of hydrogen-bond donors (Lipinski definition) is 1. The van der Waals surface area contributed by atoms with E-state index in [1.54, 1.807) is 10.9 Å². The molecule has 0 bridgehead atoms. The smallest absolute Gasteiger partial charge is 0.208 e. The average molecular weight is 352 g/mol. The summed E-state index contributed by atoms with van der Waals surface area (Å²) in [6.07, 6.45) is 6.37. The highest BCUT2D eigenvalue weighted by Crippen LogP contribution is 2.26. The highest BCUT2D eigenvalue weighted by atomic mass is 32.2. The van der Waals surface area contributed by atoms with Crippen LogP contribution in [0.15, 0.2) is 6.20 Å². The van der Waals surface area contributed by atoms with Gasteiger partial charge in [-0.25, -0.2) is 23.1 Å². The Balaban J connectivity index is 1.84. The first kappa shape index (κ1) is 17.1. The van der Waals surface area contributed by atoms with Gasteiger partial charge in [0.1, 0.15) is 11.6 Å². The van der Waals surface area contributed by atoms with Crippen LogP contribution in [0.3, 0.4) is 0 Å². The van der Waals surface area contributed by atoms with Crippen molar-refractivity contribution in [2.24, 2.45) is 7.05 Å². The molecule has 0 saturated carbocycles. The van der Waals surface area contributed by atoms with Crippen LogP contribution in [0.2, 0.25) is 0 Å². The Hall–Kier alpha value is -1.74. The van der Waals surface area contributed by atoms with E-state index in [1.807, 2.05) is 7.05 Å². The molecule has 132 valence electrons. The van der Waals surface area contributed by atoms with Crippen LogP contribution in [0.25, 0.3) is 11.0 Å². The van der Waals surface area contributed by atoms with Crippen LogP contribution >= 0.6 is 0 Å². The maximum absolute atomic E-state index is 11.4. The fourth-order valence-corrected chi connectivity index (χ4v) is 3.98. The Morgan fingerprint density at radius 1 is 1.29 bits per heavy atom. The van der Waals surface area contributed by atoms with Gasteiger partial charge in [-0.15, -0.1) is 0 Å². The number of rotatable bonds is 5.